The first-order valence-electron chi connectivity index (χ1n) is 8.27. The van der Waals surface area contributed by atoms with Crippen LogP contribution in [0.15, 0.2) is 47.5 Å². The third-order valence-electron chi connectivity index (χ3n) is 3.44. The van der Waals surface area contributed by atoms with Gasteiger partial charge in [-0.3, -0.25) is 9.79 Å². The van der Waals surface area contributed by atoms with Gasteiger partial charge in [-0.2, -0.15) is 0 Å². The molecule has 26 heavy (non-hydrogen) atoms. The average molecular weight is 355 g/mol. The van der Waals surface area contributed by atoms with Crippen molar-refractivity contribution < 1.29 is 24.2 Å². The highest BCUT2D eigenvalue weighted by molar-refractivity contribution is 5.95. The number of ether oxygens (including phenoxy) is 2. The molecule has 0 atom stereocenters. The predicted octanol–water partition coefficient (Wildman–Crippen LogP) is 4.10. The van der Waals surface area contributed by atoms with Crippen LogP contribution in [0.2, 0.25) is 0 Å². The van der Waals surface area contributed by atoms with Crippen LogP contribution in [0.1, 0.15) is 36.7 Å². The van der Waals surface area contributed by atoms with Crippen LogP contribution in [-0.2, 0) is 4.79 Å². The molecule has 0 aliphatic carbocycles. The SMILES string of the molecule is CCOc1cc(C=Nc2ccccc2C(=O)O)ccc1OC(=O)C(C)C. The number of para-hydroxylation sites is 1. The van der Waals surface area contributed by atoms with E-state index in [1.165, 1.54) is 6.07 Å². The average Bonchev–Trinajstić information content (AvgIpc) is 2.62. The number of aliphatic imine (C=N–C) groups is 1. The molecule has 6 heteroatoms. The van der Waals surface area contributed by atoms with Gasteiger partial charge in [0.25, 0.3) is 0 Å². The van der Waals surface area contributed by atoms with Crippen LogP contribution in [0.25, 0.3) is 0 Å². The first kappa shape index (κ1) is 19.2. The van der Waals surface area contributed by atoms with Crippen molar-refractivity contribution in [1.29, 1.82) is 0 Å². The second-order valence-corrected chi connectivity index (χ2v) is 5.80. The van der Waals surface area contributed by atoms with Crippen molar-refractivity contribution in [2.24, 2.45) is 10.9 Å². The number of hydrogen-bond acceptors (Lipinski definition) is 5. The lowest BCUT2D eigenvalue weighted by Crippen LogP contribution is -2.15. The molecule has 0 aliphatic heterocycles. The lowest BCUT2D eigenvalue weighted by molar-refractivity contribution is -0.137. The van der Waals surface area contributed by atoms with Crippen molar-refractivity contribution in [3.05, 3.63) is 53.6 Å². The number of carboxylic acids is 1. The lowest BCUT2D eigenvalue weighted by Gasteiger charge is -2.12. The van der Waals surface area contributed by atoms with E-state index in [0.29, 0.717) is 29.4 Å². The molecule has 6 nitrogen and oxygen atoms in total. The van der Waals surface area contributed by atoms with Crippen molar-refractivity contribution in [3.63, 3.8) is 0 Å². The minimum absolute atomic E-state index is 0.122. The fourth-order valence-corrected chi connectivity index (χ4v) is 2.09. The molecule has 1 N–H and O–H groups in total. The van der Waals surface area contributed by atoms with Gasteiger partial charge in [-0.25, -0.2) is 4.79 Å². The van der Waals surface area contributed by atoms with Gasteiger partial charge >= 0.3 is 11.9 Å². The minimum atomic E-state index is -1.04. The van der Waals surface area contributed by atoms with Crippen LogP contribution in [0.4, 0.5) is 5.69 Å². The lowest BCUT2D eigenvalue weighted by atomic mass is 10.1. The fourth-order valence-electron chi connectivity index (χ4n) is 2.09. The summed E-state index contributed by atoms with van der Waals surface area (Å²) in [5, 5.41) is 9.20. The highest BCUT2D eigenvalue weighted by atomic mass is 16.6. The molecular formula is C20H21NO5. The number of carboxylic acid groups (broad SMARTS) is 1. The number of hydrogen-bond donors (Lipinski definition) is 1. The number of carbonyl (C=O) groups excluding carboxylic acids is 1. The molecule has 0 amide bonds. The van der Waals surface area contributed by atoms with Gasteiger partial charge in [0.1, 0.15) is 0 Å². The largest absolute Gasteiger partial charge is 0.490 e. The molecule has 2 aromatic carbocycles. The Hall–Kier alpha value is -3.15. The molecule has 0 heterocycles. The Bertz CT molecular complexity index is 827. The van der Waals surface area contributed by atoms with Gasteiger partial charge in [-0.1, -0.05) is 26.0 Å². The van der Waals surface area contributed by atoms with Crippen LogP contribution in [0, 0.1) is 5.92 Å². The number of esters is 1. The molecular weight excluding hydrogens is 334 g/mol. The van der Waals surface area contributed by atoms with E-state index < -0.39 is 5.97 Å². The third kappa shape index (κ3) is 4.92. The normalized spacial score (nSPS) is 10.9. The van der Waals surface area contributed by atoms with Gasteiger partial charge in [0.15, 0.2) is 11.5 Å². The van der Waals surface area contributed by atoms with Gasteiger partial charge in [-0.05, 0) is 42.8 Å². The summed E-state index contributed by atoms with van der Waals surface area (Å²) < 4.78 is 10.9. The zero-order valence-electron chi connectivity index (χ0n) is 14.9. The van der Waals surface area contributed by atoms with E-state index in [0.717, 1.165) is 0 Å². The standard InChI is InChI=1S/C20H21NO5/c1-4-25-18-11-14(9-10-17(18)26-20(24)13(2)3)12-21-16-8-6-5-7-15(16)19(22)23/h5-13H,4H2,1-3H3,(H,22,23). The molecule has 0 saturated heterocycles. The Morgan fingerprint density at radius 3 is 2.54 bits per heavy atom. The van der Waals surface area contributed by atoms with Crippen molar-refractivity contribution in [2.75, 3.05) is 6.61 Å². The minimum Gasteiger partial charge on any atom is -0.490 e. The quantitative estimate of drug-likeness (QED) is 0.459. The molecule has 0 radical (unpaired) electrons. The molecule has 2 rings (SSSR count). The van der Waals surface area contributed by atoms with Crippen LogP contribution >= 0.6 is 0 Å². The van der Waals surface area contributed by atoms with E-state index >= 15 is 0 Å². The van der Waals surface area contributed by atoms with E-state index in [9.17, 15) is 14.7 Å². The zero-order valence-corrected chi connectivity index (χ0v) is 14.9. The van der Waals surface area contributed by atoms with Crippen molar-refractivity contribution in [2.45, 2.75) is 20.8 Å². The second-order valence-electron chi connectivity index (χ2n) is 5.80. The van der Waals surface area contributed by atoms with E-state index in [2.05, 4.69) is 4.99 Å². The van der Waals surface area contributed by atoms with Gasteiger partial charge in [0.2, 0.25) is 0 Å². The highest BCUT2D eigenvalue weighted by Crippen LogP contribution is 2.29. The molecule has 0 bridgehead atoms. The summed E-state index contributed by atoms with van der Waals surface area (Å²) in [5.74, 6) is -0.865. The van der Waals surface area contributed by atoms with Gasteiger partial charge in [0, 0.05) is 6.21 Å². The molecule has 0 saturated carbocycles. The Balaban J connectivity index is 2.29. The number of aromatic carboxylic acids is 1. The van der Waals surface area contributed by atoms with Crippen LogP contribution in [0.5, 0.6) is 11.5 Å². The van der Waals surface area contributed by atoms with Crippen LogP contribution in [0.3, 0.4) is 0 Å². The van der Waals surface area contributed by atoms with Crippen molar-refractivity contribution in [1.82, 2.24) is 0 Å². The number of benzene rings is 2. The van der Waals surface area contributed by atoms with E-state index in [4.69, 9.17) is 9.47 Å². The third-order valence-corrected chi connectivity index (χ3v) is 3.44. The Labute approximate surface area is 152 Å². The molecule has 0 unspecified atom stereocenters. The summed E-state index contributed by atoms with van der Waals surface area (Å²) in [6.45, 7) is 5.75. The molecule has 0 spiro atoms. The topological polar surface area (TPSA) is 85.2 Å². The first-order chi connectivity index (χ1) is 12.4. The van der Waals surface area contributed by atoms with Crippen molar-refractivity contribution >= 4 is 23.8 Å². The molecule has 136 valence electrons. The second kappa shape index (κ2) is 8.80. The smallest absolute Gasteiger partial charge is 0.337 e. The summed E-state index contributed by atoms with van der Waals surface area (Å²) in [4.78, 5) is 27.3. The summed E-state index contributed by atoms with van der Waals surface area (Å²) in [5.41, 5.74) is 1.17. The number of nitrogens with zero attached hydrogens (tertiary/aromatic N) is 1. The molecule has 0 aromatic heterocycles. The predicted molar refractivity (Wildman–Crippen MR) is 98.7 cm³/mol. The summed E-state index contributed by atoms with van der Waals surface area (Å²) >= 11 is 0. The molecule has 0 fully saturated rings. The maximum Gasteiger partial charge on any atom is 0.337 e. The summed E-state index contributed by atoms with van der Waals surface area (Å²) in [6.07, 6.45) is 1.54. The Kier molecular flexibility index (Phi) is 6.49. The number of rotatable bonds is 7. The van der Waals surface area contributed by atoms with Crippen LogP contribution in [-0.4, -0.2) is 29.9 Å². The van der Waals surface area contributed by atoms with E-state index in [-0.39, 0.29) is 17.5 Å². The monoisotopic (exact) mass is 355 g/mol. The first-order valence-corrected chi connectivity index (χ1v) is 8.27. The van der Waals surface area contributed by atoms with E-state index in [1.807, 2.05) is 6.92 Å². The Morgan fingerprint density at radius 1 is 1.15 bits per heavy atom. The maximum atomic E-state index is 11.8. The summed E-state index contributed by atoms with van der Waals surface area (Å²) in [6, 6.07) is 11.5. The summed E-state index contributed by atoms with van der Waals surface area (Å²) in [7, 11) is 0. The van der Waals surface area contributed by atoms with Gasteiger partial charge in [-0.15, -0.1) is 0 Å². The molecule has 0 aliphatic rings. The van der Waals surface area contributed by atoms with Crippen LogP contribution < -0.4 is 9.47 Å². The zero-order chi connectivity index (χ0) is 19.1. The fraction of sp³-hybridized carbons (Fsp3) is 0.250. The molecule has 2 aromatic rings. The number of carbonyl (C=O) groups is 2. The van der Waals surface area contributed by atoms with E-state index in [1.54, 1.807) is 56.5 Å². The van der Waals surface area contributed by atoms with Gasteiger partial charge in [0.05, 0.1) is 23.8 Å². The maximum absolute atomic E-state index is 11.8. The van der Waals surface area contributed by atoms with Crippen molar-refractivity contribution in [3.8, 4) is 11.5 Å². The highest BCUT2D eigenvalue weighted by Gasteiger charge is 2.14. The van der Waals surface area contributed by atoms with Gasteiger partial charge < -0.3 is 14.6 Å². The Morgan fingerprint density at radius 2 is 1.88 bits per heavy atom.